The normalized spacial score (nSPS) is 19.6. The van der Waals surface area contributed by atoms with E-state index in [9.17, 15) is 13.6 Å². The zero-order valence-corrected chi connectivity index (χ0v) is 23.2. The molecule has 10 nitrogen and oxygen atoms in total. The van der Waals surface area contributed by atoms with Crippen LogP contribution in [0.1, 0.15) is 60.2 Å². The Morgan fingerprint density at radius 1 is 1.00 bits per heavy atom. The number of hydrogen-bond acceptors (Lipinski definition) is 12. The second-order valence-electron chi connectivity index (χ2n) is 8.76. The van der Waals surface area contributed by atoms with E-state index >= 15 is 0 Å². The highest BCUT2D eigenvalue weighted by Crippen LogP contribution is 2.43. The summed E-state index contributed by atoms with van der Waals surface area (Å²) in [6.45, 7) is 0.870. The van der Waals surface area contributed by atoms with E-state index in [0.717, 1.165) is 39.3 Å². The first kappa shape index (κ1) is 29.4. The van der Waals surface area contributed by atoms with Crippen LogP contribution < -0.4 is 15.5 Å². The van der Waals surface area contributed by atoms with E-state index in [-0.39, 0.29) is 19.5 Å². The van der Waals surface area contributed by atoms with Crippen molar-refractivity contribution in [3.63, 3.8) is 0 Å². The number of nitrogens with one attached hydrogen (secondary N) is 2. The summed E-state index contributed by atoms with van der Waals surface area (Å²) < 4.78 is 25.2. The van der Waals surface area contributed by atoms with Gasteiger partial charge in [-0.3, -0.25) is 0 Å². The average Bonchev–Trinajstić information content (AvgIpc) is 3.59. The summed E-state index contributed by atoms with van der Waals surface area (Å²) in [5.41, 5.74) is 0.609. The van der Waals surface area contributed by atoms with Crippen molar-refractivity contribution < 1.29 is 18.4 Å². The number of carbonyl (C=O) groups is 2. The number of carbonyl (C=O) groups excluding carboxylic acids is 2. The van der Waals surface area contributed by atoms with Crippen molar-refractivity contribution in [3.05, 3.63) is 33.9 Å². The number of pyridine rings is 1. The Bertz CT molecular complexity index is 1120. The average molecular weight is 567 g/mol. The molecule has 2 N–H and O–H groups in total. The zero-order chi connectivity index (χ0) is 27.5. The molecule has 2 fully saturated rings. The van der Waals surface area contributed by atoms with E-state index in [1.54, 1.807) is 40.9 Å². The van der Waals surface area contributed by atoms with Crippen LogP contribution in [-0.2, 0) is 16.0 Å². The highest BCUT2D eigenvalue weighted by Gasteiger charge is 2.44. The minimum Gasteiger partial charge on any atom is -0.363 e. The number of hydrogen-bond donors (Lipinski definition) is 2. The Morgan fingerprint density at radius 2 is 1.55 bits per heavy atom. The van der Waals surface area contributed by atoms with E-state index in [1.165, 1.54) is 31.1 Å². The van der Waals surface area contributed by atoms with Crippen LogP contribution in [0.3, 0.4) is 0 Å². The first-order valence-corrected chi connectivity index (χ1v) is 13.9. The smallest absolute Gasteiger partial charge is 0.282 e. The summed E-state index contributed by atoms with van der Waals surface area (Å²) in [4.78, 5) is 24.7. The molecule has 1 aliphatic heterocycles. The standard InChI is InChI=1S/C12H18N6S2.C10H10F2N2O.C2H4O/c1-13-11-17-15-9(19-11)7-4-3-5-8(6-7)10-16-18-12(14-2)20-10;11-10(12)6-14(7-10)9-3-1-2-8(13-9)4-5-15;1-2-3/h7-8H,3-6H2,1-2H3,(H,13,17)(H,14,18);1-3,5H,4,6-7H2;2H,1H3/t7-,8?;;/m0../s1. The molecule has 0 amide bonds. The minimum absolute atomic E-state index is 0.220. The second kappa shape index (κ2) is 14.1. The van der Waals surface area contributed by atoms with Crippen LogP contribution >= 0.6 is 22.7 Å². The van der Waals surface area contributed by atoms with Crippen LogP contribution in [0.2, 0.25) is 0 Å². The largest absolute Gasteiger partial charge is 0.363 e. The summed E-state index contributed by atoms with van der Waals surface area (Å²) in [6.07, 6.45) is 6.45. The third kappa shape index (κ3) is 8.18. The molecule has 3 aromatic heterocycles. The number of anilines is 3. The van der Waals surface area contributed by atoms with Gasteiger partial charge in [0, 0.05) is 38.0 Å². The van der Waals surface area contributed by atoms with Crippen molar-refractivity contribution in [1.82, 2.24) is 25.4 Å². The molecule has 206 valence electrons. The fraction of sp³-hybridized carbons (Fsp3) is 0.542. The maximum Gasteiger partial charge on any atom is 0.282 e. The molecule has 2 atom stereocenters. The Balaban J connectivity index is 0.000000198. The van der Waals surface area contributed by atoms with Gasteiger partial charge in [-0.1, -0.05) is 35.2 Å². The van der Waals surface area contributed by atoms with E-state index in [0.29, 0.717) is 23.3 Å². The monoisotopic (exact) mass is 566 g/mol. The fourth-order valence-electron chi connectivity index (χ4n) is 4.16. The first-order chi connectivity index (χ1) is 18.3. The van der Waals surface area contributed by atoms with Gasteiger partial charge in [0.2, 0.25) is 10.3 Å². The summed E-state index contributed by atoms with van der Waals surface area (Å²) in [7, 11) is 3.77. The van der Waals surface area contributed by atoms with Crippen LogP contribution in [0.5, 0.6) is 0 Å². The highest BCUT2D eigenvalue weighted by atomic mass is 32.1. The molecule has 0 aromatic carbocycles. The van der Waals surface area contributed by atoms with Crippen molar-refractivity contribution in [2.24, 2.45) is 0 Å². The lowest BCUT2D eigenvalue weighted by molar-refractivity contribution is -0.107. The lowest BCUT2D eigenvalue weighted by Gasteiger charge is -2.39. The molecule has 0 spiro atoms. The van der Waals surface area contributed by atoms with Crippen molar-refractivity contribution in [3.8, 4) is 0 Å². The lowest BCUT2D eigenvalue weighted by atomic mass is 9.82. The van der Waals surface area contributed by atoms with Gasteiger partial charge in [-0.25, -0.2) is 13.8 Å². The molecule has 1 saturated heterocycles. The van der Waals surface area contributed by atoms with E-state index in [1.807, 2.05) is 14.1 Å². The van der Waals surface area contributed by atoms with E-state index in [2.05, 4.69) is 36.0 Å². The molecule has 14 heteroatoms. The van der Waals surface area contributed by atoms with Crippen molar-refractivity contribution in [2.75, 3.05) is 42.7 Å². The van der Waals surface area contributed by atoms with Gasteiger partial charge in [-0.2, -0.15) is 0 Å². The molecule has 5 rings (SSSR count). The Kier molecular flexibility index (Phi) is 11.0. The number of aldehydes is 2. The van der Waals surface area contributed by atoms with Gasteiger partial charge in [0.15, 0.2) is 0 Å². The topological polar surface area (TPSA) is 126 Å². The Morgan fingerprint density at radius 3 is 2.00 bits per heavy atom. The van der Waals surface area contributed by atoms with Gasteiger partial charge < -0.3 is 25.1 Å². The quantitative estimate of drug-likeness (QED) is 0.398. The van der Waals surface area contributed by atoms with E-state index in [4.69, 9.17) is 4.79 Å². The number of alkyl halides is 2. The van der Waals surface area contributed by atoms with Gasteiger partial charge in [0.25, 0.3) is 5.92 Å². The SMILES string of the molecule is CC=O.CNc1nnc(C2CCC[C@H](c3nnc(NC)s3)C2)s1.O=CCc1cccc(N2CC(F)(F)C2)n1. The van der Waals surface area contributed by atoms with Crippen LogP contribution in [0.15, 0.2) is 18.2 Å². The molecule has 1 saturated carbocycles. The number of aromatic nitrogens is 5. The Hall–Kier alpha value is -3.13. The summed E-state index contributed by atoms with van der Waals surface area (Å²) >= 11 is 3.34. The fourth-order valence-corrected chi connectivity index (χ4v) is 5.84. The molecule has 0 radical (unpaired) electrons. The predicted molar refractivity (Wildman–Crippen MR) is 146 cm³/mol. The van der Waals surface area contributed by atoms with Crippen LogP contribution in [0.4, 0.5) is 24.9 Å². The Labute approximate surface area is 228 Å². The van der Waals surface area contributed by atoms with Crippen molar-refractivity contribution in [2.45, 2.75) is 56.8 Å². The number of halogens is 2. The maximum atomic E-state index is 12.6. The lowest BCUT2D eigenvalue weighted by Crippen LogP contribution is -2.56. The molecular weight excluding hydrogens is 534 g/mol. The van der Waals surface area contributed by atoms with Gasteiger partial charge >= 0.3 is 0 Å². The third-order valence-corrected chi connectivity index (χ3v) is 8.14. The van der Waals surface area contributed by atoms with Gasteiger partial charge in [0.05, 0.1) is 13.1 Å². The first-order valence-electron chi connectivity index (χ1n) is 12.3. The summed E-state index contributed by atoms with van der Waals surface area (Å²) in [6, 6.07) is 5.09. The highest BCUT2D eigenvalue weighted by molar-refractivity contribution is 7.15. The molecule has 3 aromatic rings. The molecule has 1 unspecified atom stereocenters. The maximum absolute atomic E-state index is 12.6. The number of nitrogens with zero attached hydrogens (tertiary/aromatic N) is 6. The molecule has 0 bridgehead atoms. The summed E-state index contributed by atoms with van der Waals surface area (Å²) in [5.74, 6) is -1.06. The summed E-state index contributed by atoms with van der Waals surface area (Å²) in [5, 5.41) is 27.1. The van der Waals surface area contributed by atoms with Crippen molar-refractivity contribution >= 4 is 51.3 Å². The van der Waals surface area contributed by atoms with Crippen LogP contribution in [0, 0.1) is 0 Å². The number of rotatable bonds is 7. The van der Waals surface area contributed by atoms with E-state index < -0.39 is 5.92 Å². The zero-order valence-electron chi connectivity index (χ0n) is 21.6. The second-order valence-corrected chi connectivity index (χ2v) is 10.8. The van der Waals surface area contributed by atoms with Gasteiger partial charge in [0.1, 0.15) is 28.4 Å². The predicted octanol–water partition coefficient (Wildman–Crippen LogP) is 4.40. The molecule has 4 heterocycles. The molecule has 38 heavy (non-hydrogen) atoms. The van der Waals surface area contributed by atoms with Gasteiger partial charge in [-0.15, -0.1) is 20.4 Å². The molecule has 1 aliphatic carbocycles. The van der Waals surface area contributed by atoms with Gasteiger partial charge in [-0.05, 0) is 38.3 Å². The minimum atomic E-state index is -2.59. The van der Waals surface area contributed by atoms with Crippen LogP contribution in [0.25, 0.3) is 0 Å². The van der Waals surface area contributed by atoms with Crippen molar-refractivity contribution in [1.29, 1.82) is 0 Å². The molecular formula is C24H32F2N8O2S2. The third-order valence-electron chi connectivity index (χ3n) is 5.93. The van der Waals surface area contributed by atoms with Crippen LogP contribution in [-0.4, -0.2) is 71.1 Å². The molecule has 2 aliphatic rings.